The Hall–Kier alpha value is -7.63. The van der Waals surface area contributed by atoms with Crippen molar-refractivity contribution in [3.8, 4) is 56.7 Å². The smallest absolute Gasteiger partial charge is 0.166 e. The predicted molar refractivity (Wildman–Crippen MR) is 268 cm³/mol. The molecular weight excluding hydrogens is 779 g/mol. The van der Waals surface area contributed by atoms with Crippen molar-refractivity contribution in [2.24, 2.45) is 0 Å². The second-order valence-corrected chi connectivity index (χ2v) is 19.0. The van der Waals surface area contributed by atoms with Crippen LogP contribution in [-0.2, 0) is 10.8 Å². The van der Waals surface area contributed by atoms with Crippen molar-refractivity contribution in [3.63, 3.8) is 0 Å². The fraction of sp³-hybridized carbons (Fsp3) is 0.136. The summed E-state index contributed by atoms with van der Waals surface area (Å²) in [6.45, 7) is 13.7. The largest absolute Gasteiger partial charge is 0.309 e. The quantitative estimate of drug-likeness (QED) is 0.168. The first-order valence-electron chi connectivity index (χ1n) is 22.2. The fourth-order valence-electron chi connectivity index (χ4n) is 9.31. The number of fused-ring (bicyclic) bond motifs is 6. The topological polar surface area (TPSA) is 48.5 Å². The number of nitrogens with zero attached hydrogens (tertiary/aromatic N) is 5. The van der Waals surface area contributed by atoms with E-state index in [4.69, 9.17) is 15.0 Å². The van der Waals surface area contributed by atoms with Gasteiger partial charge in [-0.1, -0.05) is 187 Å². The van der Waals surface area contributed by atoms with Crippen LogP contribution in [0, 0.1) is 0 Å². The fourth-order valence-corrected chi connectivity index (χ4v) is 9.31. The molecule has 0 aliphatic carbocycles. The molecule has 5 nitrogen and oxygen atoms in total. The van der Waals surface area contributed by atoms with E-state index in [1.807, 2.05) is 36.4 Å². The third-order valence-corrected chi connectivity index (χ3v) is 12.7. The maximum Gasteiger partial charge on any atom is 0.166 e. The minimum Gasteiger partial charge on any atom is -0.309 e. The predicted octanol–water partition coefficient (Wildman–Crippen LogP) is 15.3. The molecule has 0 atom stereocenters. The molecule has 3 aromatic heterocycles. The van der Waals surface area contributed by atoms with Crippen LogP contribution in [0.4, 0.5) is 0 Å². The number of hydrogen-bond acceptors (Lipinski definition) is 3. The molecule has 5 heteroatoms. The molecule has 0 bridgehead atoms. The first kappa shape index (κ1) is 39.2. The molecule has 11 aromatic rings. The van der Waals surface area contributed by atoms with Crippen LogP contribution in [-0.4, -0.2) is 24.1 Å². The lowest BCUT2D eigenvalue weighted by atomic mass is 9.86. The van der Waals surface area contributed by atoms with Crippen LogP contribution < -0.4 is 0 Å². The van der Waals surface area contributed by atoms with Gasteiger partial charge in [0.05, 0.1) is 27.8 Å². The number of aromatic nitrogens is 5. The first-order chi connectivity index (χ1) is 31.0. The average molecular weight is 828 g/mol. The van der Waals surface area contributed by atoms with Crippen LogP contribution in [0.5, 0.6) is 0 Å². The Morgan fingerprint density at radius 1 is 0.344 bits per heavy atom. The van der Waals surface area contributed by atoms with E-state index in [0.717, 1.165) is 55.7 Å². The Morgan fingerprint density at radius 2 is 0.844 bits per heavy atom. The lowest BCUT2D eigenvalue weighted by molar-refractivity contribution is 0.591. The second kappa shape index (κ2) is 15.0. The van der Waals surface area contributed by atoms with E-state index < -0.39 is 0 Å². The Balaban J connectivity index is 1.27. The molecule has 0 radical (unpaired) electrons. The molecule has 0 N–H and O–H groups in total. The highest BCUT2D eigenvalue weighted by Gasteiger charge is 2.25. The van der Waals surface area contributed by atoms with Crippen molar-refractivity contribution in [2.75, 3.05) is 0 Å². The van der Waals surface area contributed by atoms with Gasteiger partial charge in [-0.3, -0.25) is 0 Å². The standard InChI is InChI=1S/C59H49N5/c1-58(2,3)41-30-32-46-47-33-31-42(59(4,5)6)37-53(47)64(52(46)36-41)51-34-29-40(44-26-18-27-48-45-25-16-17-28-50(45)63(54(44)48)43-23-14-9-15-24-43)35-49(51)57-61-55(38-19-10-7-11-20-38)60-56(62-57)39-21-12-8-13-22-39/h7-37H,1-6H3. The van der Waals surface area contributed by atoms with Gasteiger partial charge in [0.1, 0.15) is 0 Å². The Labute approximate surface area is 374 Å². The first-order valence-corrected chi connectivity index (χ1v) is 22.2. The van der Waals surface area contributed by atoms with Gasteiger partial charge in [-0.15, -0.1) is 0 Å². The van der Waals surface area contributed by atoms with Crippen LogP contribution in [0.15, 0.2) is 188 Å². The van der Waals surface area contributed by atoms with Crippen LogP contribution >= 0.6 is 0 Å². The molecule has 0 saturated heterocycles. The summed E-state index contributed by atoms with van der Waals surface area (Å²) < 4.78 is 4.87. The maximum absolute atomic E-state index is 5.40. The van der Waals surface area contributed by atoms with Crippen LogP contribution in [0.25, 0.3) is 100 Å². The zero-order valence-electron chi connectivity index (χ0n) is 37.1. The van der Waals surface area contributed by atoms with E-state index in [9.17, 15) is 0 Å². The summed E-state index contributed by atoms with van der Waals surface area (Å²) in [5.41, 5.74) is 14.1. The van der Waals surface area contributed by atoms with Gasteiger partial charge >= 0.3 is 0 Å². The van der Waals surface area contributed by atoms with E-state index in [-0.39, 0.29) is 10.8 Å². The van der Waals surface area contributed by atoms with Crippen molar-refractivity contribution in [1.29, 1.82) is 0 Å². The molecule has 0 unspecified atom stereocenters. The SMILES string of the molecule is CC(C)(C)c1ccc2c3ccc(C(C)(C)C)cc3n(-c3ccc(-c4cccc5c6ccccc6n(-c6ccccc6)c45)cc3-c3nc(-c4ccccc4)nc(-c4ccccc4)n3)c2c1. The molecule has 310 valence electrons. The van der Waals surface area contributed by atoms with E-state index in [2.05, 4.69) is 202 Å². The minimum atomic E-state index is -0.0575. The van der Waals surface area contributed by atoms with Gasteiger partial charge in [0.25, 0.3) is 0 Å². The summed E-state index contributed by atoms with van der Waals surface area (Å²) in [7, 11) is 0. The molecule has 0 aliphatic heterocycles. The summed E-state index contributed by atoms with van der Waals surface area (Å²) in [4.78, 5) is 15.9. The summed E-state index contributed by atoms with van der Waals surface area (Å²) in [6, 6.07) is 67.5. The van der Waals surface area contributed by atoms with Crippen LogP contribution in [0.1, 0.15) is 52.7 Å². The van der Waals surface area contributed by atoms with Crippen molar-refractivity contribution in [1.82, 2.24) is 24.1 Å². The van der Waals surface area contributed by atoms with Gasteiger partial charge in [-0.25, -0.2) is 15.0 Å². The van der Waals surface area contributed by atoms with Gasteiger partial charge in [0.15, 0.2) is 17.5 Å². The van der Waals surface area contributed by atoms with Gasteiger partial charge < -0.3 is 9.13 Å². The average Bonchev–Trinajstić information content (AvgIpc) is 3.84. The number of benzene rings is 8. The van der Waals surface area contributed by atoms with E-state index in [1.165, 1.54) is 38.2 Å². The molecule has 64 heavy (non-hydrogen) atoms. The highest BCUT2D eigenvalue weighted by atomic mass is 15.1. The lowest BCUT2D eigenvalue weighted by Gasteiger charge is -2.21. The molecule has 0 saturated carbocycles. The second-order valence-electron chi connectivity index (χ2n) is 19.0. The van der Waals surface area contributed by atoms with E-state index in [0.29, 0.717) is 17.5 Å². The van der Waals surface area contributed by atoms with Crippen molar-refractivity contribution < 1.29 is 0 Å². The van der Waals surface area contributed by atoms with Gasteiger partial charge in [-0.05, 0) is 70.0 Å². The van der Waals surface area contributed by atoms with Gasteiger partial charge in [0, 0.05) is 49.5 Å². The van der Waals surface area contributed by atoms with Crippen molar-refractivity contribution >= 4 is 43.6 Å². The Kier molecular flexibility index (Phi) is 9.21. The molecule has 0 amide bonds. The minimum absolute atomic E-state index is 0.0575. The third kappa shape index (κ3) is 6.67. The molecular formula is C59H49N5. The molecule has 0 spiro atoms. The van der Waals surface area contributed by atoms with Crippen LogP contribution in [0.2, 0.25) is 0 Å². The molecule has 11 rings (SSSR count). The van der Waals surface area contributed by atoms with Crippen molar-refractivity contribution in [3.05, 3.63) is 199 Å². The Bertz CT molecular complexity index is 3420. The van der Waals surface area contributed by atoms with Crippen LogP contribution in [0.3, 0.4) is 0 Å². The summed E-state index contributed by atoms with van der Waals surface area (Å²) in [6.07, 6.45) is 0. The number of hydrogen-bond donors (Lipinski definition) is 0. The van der Waals surface area contributed by atoms with Gasteiger partial charge in [0.2, 0.25) is 0 Å². The zero-order valence-corrected chi connectivity index (χ0v) is 37.1. The lowest BCUT2D eigenvalue weighted by Crippen LogP contribution is -2.11. The van der Waals surface area contributed by atoms with Crippen molar-refractivity contribution in [2.45, 2.75) is 52.4 Å². The molecule has 8 aromatic carbocycles. The summed E-state index contributed by atoms with van der Waals surface area (Å²) in [5.74, 6) is 1.85. The highest BCUT2D eigenvalue weighted by molar-refractivity contribution is 6.14. The monoisotopic (exact) mass is 827 g/mol. The molecule has 3 heterocycles. The van der Waals surface area contributed by atoms with E-state index >= 15 is 0 Å². The number of para-hydroxylation sites is 3. The zero-order chi connectivity index (χ0) is 43.7. The Morgan fingerprint density at radius 3 is 1.42 bits per heavy atom. The third-order valence-electron chi connectivity index (χ3n) is 12.7. The number of rotatable bonds is 6. The van der Waals surface area contributed by atoms with Gasteiger partial charge in [-0.2, -0.15) is 0 Å². The maximum atomic E-state index is 5.40. The summed E-state index contributed by atoms with van der Waals surface area (Å²) in [5, 5.41) is 4.84. The van der Waals surface area contributed by atoms with E-state index in [1.54, 1.807) is 0 Å². The highest BCUT2D eigenvalue weighted by Crippen LogP contribution is 2.43. The summed E-state index contributed by atoms with van der Waals surface area (Å²) >= 11 is 0. The normalized spacial score (nSPS) is 12.2. The molecule has 0 fully saturated rings. The molecule has 0 aliphatic rings.